The number of aromatic nitrogens is 2. The molecule has 0 amide bonds. The molecule has 1 aromatic heterocycles. The van der Waals surface area contributed by atoms with Gasteiger partial charge in [-0.15, -0.1) is 11.8 Å². The molecule has 0 saturated heterocycles. The lowest BCUT2D eigenvalue weighted by atomic mass is 9.91. The van der Waals surface area contributed by atoms with Crippen LogP contribution in [0.3, 0.4) is 0 Å². The number of carbonyl (C=O) groups is 1. The van der Waals surface area contributed by atoms with Crippen molar-refractivity contribution in [2.75, 3.05) is 23.5 Å². The second-order valence-electron chi connectivity index (χ2n) is 12.9. The number of aromatic amines is 1. The third kappa shape index (κ3) is 12.4. The van der Waals surface area contributed by atoms with Crippen molar-refractivity contribution in [1.29, 1.82) is 0 Å². The number of nitrogens with one attached hydrogen (secondary N) is 2. The number of unbranched alkanes of at least 4 members (excludes halogenated alkanes) is 1. The molecule has 1 fully saturated rings. The minimum Gasteiger partial charge on any atom is -0.328 e. The number of hydrogen-bond acceptors (Lipinski definition) is 6. The van der Waals surface area contributed by atoms with Crippen LogP contribution in [-0.2, 0) is 4.79 Å². The van der Waals surface area contributed by atoms with Gasteiger partial charge in [-0.25, -0.2) is 13.8 Å². The summed E-state index contributed by atoms with van der Waals surface area (Å²) in [6, 6.07) is 4.57. The fourth-order valence-corrected chi connectivity index (χ4v) is 5.43. The number of allylic oxidation sites excluding steroid dienone is 3. The van der Waals surface area contributed by atoms with Gasteiger partial charge in [0.15, 0.2) is 17.5 Å². The number of hydrogen-bond donors (Lipinski definition) is 2. The highest BCUT2D eigenvalue weighted by molar-refractivity contribution is 7.98. The predicted octanol–water partition coefficient (Wildman–Crippen LogP) is 11.2. The van der Waals surface area contributed by atoms with E-state index < -0.39 is 11.6 Å². The number of benzene rings is 1. The van der Waals surface area contributed by atoms with E-state index in [4.69, 9.17) is 9.98 Å². The Morgan fingerprint density at radius 2 is 1.69 bits per heavy atom. The normalized spacial score (nSPS) is 15.0. The Hall–Kier alpha value is -3.53. The standard InChI is InChI=1S/C35H48F2N6OS.C4H10/c1-11-21(5)32(29(12-2)39-30(20(3)4)16-13-23(7)44)33(25-14-15-25)35(40-31-17-22(6)41-42-31)38-24(8)43(9)34-27(36)18-26(45-10)19-28(34)37;1-3-4-2/h12,17-20,25H,11,13-16H2,1-10H3,(H2,40,41,42);3-4H2,1-2H3/b29-12-,32-21+,35-33+,38-24+,39-30?;. The SMILES string of the molecule is C/C=C(N=C(CCC(C)=O)C(C)C)/C(=C(/C)CC)C(=C(\N=C(/C)N(C)c1c(F)cc(SC)cc1F)Nc1cc(C)[nH]n1)/C1CC1.CCCC. The summed E-state index contributed by atoms with van der Waals surface area (Å²) in [7, 11) is 1.62. The summed E-state index contributed by atoms with van der Waals surface area (Å²) in [6.07, 6.45) is 10.2. The van der Waals surface area contributed by atoms with Crippen molar-refractivity contribution < 1.29 is 13.6 Å². The highest BCUT2D eigenvalue weighted by atomic mass is 32.2. The number of ketones is 1. The molecular weight excluding hydrogens is 639 g/mol. The molecule has 10 heteroatoms. The molecule has 0 spiro atoms. The smallest absolute Gasteiger partial charge is 0.153 e. The summed E-state index contributed by atoms with van der Waals surface area (Å²) in [4.78, 5) is 24.0. The summed E-state index contributed by atoms with van der Waals surface area (Å²) in [5.41, 5.74) is 5.65. The van der Waals surface area contributed by atoms with Crippen LogP contribution in [0.2, 0.25) is 0 Å². The molecule has 270 valence electrons. The molecule has 7 nitrogen and oxygen atoms in total. The number of halogens is 2. The Labute approximate surface area is 297 Å². The summed E-state index contributed by atoms with van der Waals surface area (Å²) in [5, 5.41) is 10.8. The number of rotatable bonds is 15. The van der Waals surface area contributed by atoms with Crippen molar-refractivity contribution in [3.63, 3.8) is 0 Å². The van der Waals surface area contributed by atoms with Crippen LogP contribution in [0.25, 0.3) is 0 Å². The van der Waals surface area contributed by atoms with Gasteiger partial charge in [0, 0.05) is 47.0 Å². The summed E-state index contributed by atoms with van der Waals surface area (Å²) in [6.45, 7) is 20.0. The Morgan fingerprint density at radius 1 is 1.08 bits per heavy atom. The molecule has 1 aliphatic rings. The van der Waals surface area contributed by atoms with Crippen LogP contribution in [0.4, 0.5) is 20.3 Å². The number of aryl methyl sites for hydroxylation is 1. The molecule has 0 radical (unpaired) electrons. The van der Waals surface area contributed by atoms with E-state index in [0.717, 1.165) is 53.1 Å². The molecule has 1 heterocycles. The van der Waals surface area contributed by atoms with Gasteiger partial charge in [-0.1, -0.05) is 59.1 Å². The van der Waals surface area contributed by atoms with Crippen molar-refractivity contribution in [1.82, 2.24) is 10.2 Å². The molecule has 49 heavy (non-hydrogen) atoms. The van der Waals surface area contributed by atoms with Crippen molar-refractivity contribution in [2.45, 2.75) is 119 Å². The first-order valence-electron chi connectivity index (χ1n) is 17.5. The lowest BCUT2D eigenvalue weighted by Gasteiger charge is -2.24. The fraction of sp³-hybridized carbons (Fsp3) is 0.538. The Morgan fingerprint density at radius 3 is 2.12 bits per heavy atom. The lowest BCUT2D eigenvalue weighted by Crippen LogP contribution is -2.26. The van der Waals surface area contributed by atoms with Crippen LogP contribution in [0.15, 0.2) is 67.4 Å². The number of thioether (sulfide) groups is 1. The van der Waals surface area contributed by atoms with Gasteiger partial charge in [0.2, 0.25) is 0 Å². The Kier molecular flexibility index (Phi) is 17.2. The van der Waals surface area contributed by atoms with Gasteiger partial charge in [0.25, 0.3) is 0 Å². The Balaban J connectivity index is 0.00000197. The van der Waals surface area contributed by atoms with Crippen LogP contribution < -0.4 is 10.2 Å². The zero-order valence-electron chi connectivity index (χ0n) is 31.8. The molecule has 0 unspecified atom stereocenters. The average molecular weight is 697 g/mol. The fourth-order valence-electron chi connectivity index (χ4n) is 4.99. The predicted molar refractivity (Wildman–Crippen MR) is 206 cm³/mol. The van der Waals surface area contributed by atoms with Crippen LogP contribution in [-0.4, -0.2) is 40.8 Å². The third-order valence-electron chi connectivity index (χ3n) is 8.43. The topological polar surface area (TPSA) is 85.7 Å². The maximum absolute atomic E-state index is 15.2. The zero-order chi connectivity index (χ0) is 36.8. The van der Waals surface area contributed by atoms with E-state index in [9.17, 15) is 4.79 Å². The molecule has 0 atom stereocenters. The van der Waals surface area contributed by atoms with Gasteiger partial charge in [-0.2, -0.15) is 5.10 Å². The third-order valence-corrected chi connectivity index (χ3v) is 9.14. The van der Waals surface area contributed by atoms with Gasteiger partial charge in [-0.3, -0.25) is 10.1 Å². The summed E-state index contributed by atoms with van der Waals surface area (Å²) < 4.78 is 30.4. The van der Waals surface area contributed by atoms with Crippen molar-refractivity contribution in [3.05, 3.63) is 69.8 Å². The number of anilines is 2. The molecule has 1 aliphatic carbocycles. The molecule has 3 rings (SSSR count). The van der Waals surface area contributed by atoms with E-state index in [1.54, 1.807) is 27.2 Å². The lowest BCUT2D eigenvalue weighted by molar-refractivity contribution is -0.116. The minimum absolute atomic E-state index is 0.134. The van der Waals surface area contributed by atoms with Gasteiger partial charge in [0.1, 0.15) is 23.1 Å². The van der Waals surface area contributed by atoms with Crippen LogP contribution in [0.5, 0.6) is 0 Å². The first kappa shape index (κ1) is 41.6. The van der Waals surface area contributed by atoms with Gasteiger partial charge < -0.3 is 15.0 Å². The van der Waals surface area contributed by atoms with Gasteiger partial charge in [-0.05, 0) is 90.5 Å². The first-order chi connectivity index (χ1) is 23.2. The van der Waals surface area contributed by atoms with Crippen LogP contribution in [0.1, 0.15) is 113 Å². The number of nitrogens with zero attached hydrogens (tertiary/aromatic N) is 4. The molecule has 2 N–H and O–H groups in total. The van der Waals surface area contributed by atoms with Crippen molar-refractivity contribution in [3.8, 4) is 0 Å². The maximum atomic E-state index is 15.2. The Bertz CT molecular complexity index is 1550. The van der Waals surface area contributed by atoms with E-state index >= 15 is 8.78 Å². The van der Waals surface area contributed by atoms with Crippen LogP contribution in [0, 0.1) is 30.4 Å². The molecule has 1 aromatic carbocycles. The average Bonchev–Trinajstić information content (AvgIpc) is 3.82. The van der Waals surface area contributed by atoms with Crippen molar-refractivity contribution in [2.24, 2.45) is 21.8 Å². The highest BCUT2D eigenvalue weighted by Gasteiger charge is 2.34. The van der Waals surface area contributed by atoms with Gasteiger partial charge in [0.05, 0.1) is 5.70 Å². The van der Waals surface area contributed by atoms with E-state index in [2.05, 4.69) is 57.1 Å². The number of H-pyrrole nitrogens is 1. The van der Waals surface area contributed by atoms with Crippen LogP contribution >= 0.6 is 11.8 Å². The molecular formula is C39H58F2N6OS. The second kappa shape index (κ2) is 20.2. The minimum atomic E-state index is -0.653. The van der Waals surface area contributed by atoms with Gasteiger partial charge >= 0.3 is 0 Å². The van der Waals surface area contributed by atoms with Crippen molar-refractivity contribution >= 4 is 40.6 Å². The first-order valence-corrected chi connectivity index (χ1v) is 18.7. The number of Topliss-reactive ketones (excluding diaryl/α,β-unsaturated/α-hetero) is 1. The monoisotopic (exact) mass is 696 g/mol. The number of carbonyl (C=O) groups excluding carboxylic acids is 1. The summed E-state index contributed by atoms with van der Waals surface area (Å²) >= 11 is 1.28. The van der Waals surface area contributed by atoms with E-state index in [1.165, 1.54) is 41.6 Å². The molecule has 0 aliphatic heterocycles. The highest BCUT2D eigenvalue weighted by Crippen LogP contribution is 2.46. The molecule has 2 aromatic rings. The number of aliphatic imine (C=N–C) groups is 2. The molecule has 1 saturated carbocycles. The van der Waals surface area contributed by atoms with E-state index in [0.29, 0.717) is 35.2 Å². The van der Waals surface area contributed by atoms with E-state index in [-0.39, 0.29) is 23.3 Å². The zero-order valence-corrected chi connectivity index (χ0v) is 32.6. The number of amidine groups is 1. The maximum Gasteiger partial charge on any atom is 0.153 e. The quantitative estimate of drug-likeness (QED) is 0.0838. The summed E-state index contributed by atoms with van der Waals surface area (Å²) in [5.74, 6) is 0.754. The van der Waals surface area contributed by atoms with E-state index in [1.807, 2.05) is 26.0 Å². The molecule has 0 bridgehead atoms. The largest absolute Gasteiger partial charge is 0.328 e. The second-order valence-corrected chi connectivity index (χ2v) is 13.8.